The van der Waals surface area contributed by atoms with Crippen molar-refractivity contribution < 1.29 is 14.6 Å². The Bertz CT molecular complexity index is 340. The predicted molar refractivity (Wildman–Crippen MR) is 69.4 cm³/mol. The van der Waals surface area contributed by atoms with Gasteiger partial charge in [-0.05, 0) is 17.7 Å². The van der Waals surface area contributed by atoms with Crippen LogP contribution in [0.2, 0.25) is 0 Å². The molecule has 1 rings (SSSR count). The topological polar surface area (TPSA) is 72.5 Å². The lowest BCUT2D eigenvalue weighted by atomic mass is 10.1. The summed E-state index contributed by atoms with van der Waals surface area (Å²) < 4.78 is 5.25. The van der Waals surface area contributed by atoms with Crippen LogP contribution in [0.5, 0.6) is 0 Å². The van der Waals surface area contributed by atoms with Gasteiger partial charge in [0.05, 0.1) is 18.8 Å². The van der Waals surface area contributed by atoms with E-state index in [4.69, 9.17) is 15.6 Å². The summed E-state index contributed by atoms with van der Waals surface area (Å²) in [4.78, 5) is 10.6. The van der Waals surface area contributed by atoms with Gasteiger partial charge in [-0.3, -0.25) is 0 Å². The highest BCUT2D eigenvalue weighted by molar-refractivity contribution is 7.98. The van der Waals surface area contributed by atoms with Crippen molar-refractivity contribution >= 4 is 17.7 Å². The normalized spacial score (nSPS) is 10.4. The van der Waals surface area contributed by atoms with Crippen molar-refractivity contribution in [2.24, 2.45) is 5.73 Å². The third-order valence-corrected chi connectivity index (χ3v) is 3.10. The largest absolute Gasteiger partial charge is 0.478 e. The number of thioether (sulfide) groups is 1. The van der Waals surface area contributed by atoms with Crippen LogP contribution >= 0.6 is 11.8 Å². The summed E-state index contributed by atoms with van der Waals surface area (Å²) >= 11 is 1.76. The van der Waals surface area contributed by atoms with Gasteiger partial charge in [-0.2, -0.15) is 11.8 Å². The Hall–Kier alpha value is -1.04. The second kappa shape index (κ2) is 8.11. The molecule has 0 aliphatic rings. The minimum Gasteiger partial charge on any atom is -0.478 e. The lowest BCUT2D eigenvalue weighted by Crippen LogP contribution is -2.09. The van der Waals surface area contributed by atoms with E-state index in [9.17, 15) is 4.79 Å². The molecule has 3 N–H and O–H groups in total. The van der Waals surface area contributed by atoms with Gasteiger partial charge in [0.1, 0.15) is 0 Å². The van der Waals surface area contributed by atoms with Gasteiger partial charge in [0.15, 0.2) is 0 Å². The number of aromatic carboxylic acids is 1. The van der Waals surface area contributed by atoms with Crippen LogP contribution in [0.3, 0.4) is 0 Å². The first kappa shape index (κ1) is 14.0. The van der Waals surface area contributed by atoms with Gasteiger partial charge in [0.25, 0.3) is 0 Å². The van der Waals surface area contributed by atoms with Gasteiger partial charge in [0, 0.05) is 18.1 Å². The minimum absolute atomic E-state index is 0.324. The maximum atomic E-state index is 10.6. The maximum Gasteiger partial charge on any atom is 0.335 e. The number of ether oxygens (including phenoxy) is 1. The van der Waals surface area contributed by atoms with Crippen molar-refractivity contribution in [1.29, 1.82) is 0 Å². The highest BCUT2D eigenvalue weighted by atomic mass is 32.2. The van der Waals surface area contributed by atoms with Crippen molar-refractivity contribution in [1.82, 2.24) is 0 Å². The number of nitrogens with two attached hydrogens (primary N) is 1. The van der Waals surface area contributed by atoms with E-state index in [0.717, 1.165) is 17.1 Å². The van der Waals surface area contributed by atoms with E-state index in [2.05, 4.69) is 0 Å². The van der Waals surface area contributed by atoms with Crippen molar-refractivity contribution in [3.05, 3.63) is 35.4 Å². The first-order chi connectivity index (χ1) is 8.24. The molecule has 5 heteroatoms. The van der Waals surface area contributed by atoms with Crippen molar-refractivity contribution in [3.63, 3.8) is 0 Å². The van der Waals surface area contributed by atoms with Crippen LogP contribution in [0.15, 0.2) is 24.3 Å². The molecule has 0 unspecified atom stereocenters. The summed E-state index contributed by atoms with van der Waals surface area (Å²) in [6.45, 7) is 1.87. The molecule has 17 heavy (non-hydrogen) atoms. The average molecular weight is 255 g/mol. The smallest absolute Gasteiger partial charge is 0.335 e. The van der Waals surface area contributed by atoms with Gasteiger partial charge in [-0.25, -0.2) is 4.79 Å². The SMILES string of the molecule is NCCOCCSCc1ccc(C(=O)O)cc1. The molecule has 4 nitrogen and oxygen atoms in total. The summed E-state index contributed by atoms with van der Waals surface area (Å²) in [5.41, 5.74) is 6.74. The molecule has 0 atom stereocenters. The van der Waals surface area contributed by atoms with E-state index in [-0.39, 0.29) is 0 Å². The molecule has 0 amide bonds. The molecule has 0 saturated carbocycles. The molecule has 0 aliphatic heterocycles. The third-order valence-electron chi connectivity index (χ3n) is 2.10. The summed E-state index contributed by atoms with van der Waals surface area (Å²) in [5, 5.41) is 8.74. The number of carbonyl (C=O) groups is 1. The van der Waals surface area contributed by atoms with Crippen LogP contribution in [0.1, 0.15) is 15.9 Å². The number of rotatable bonds is 8. The quantitative estimate of drug-likeness (QED) is 0.690. The van der Waals surface area contributed by atoms with Crippen molar-refractivity contribution in [2.45, 2.75) is 5.75 Å². The summed E-state index contributed by atoms with van der Waals surface area (Å²) in [6, 6.07) is 6.95. The molecule has 0 bridgehead atoms. The van der Waals surface area contributed by atoms with Gasteiger partial charge < -0.3 is 15.6 Å². The van der Waals surface area contributed by atoms with E-state index >= 15 is 0 Å². The highest BCUT2D eigenvalue weighted by Gasteiger charge is 2.01. The molecule has 0 spiro atoms. The number of carboxylic acid groups (broad SMARTS) is 1. The molecular formula is C12H17NO3S. The Kier molecular flexibility index (Phi) is 6.69. The fourth-order valence-electron chi connectivity index (χ4n) is 1.24. The molecule has 0 aromatic heterocycles. The Morgan fingerprint density at radius 2 is 2.00 bits per heavy atom. The van der Waals surface area contributed by atoms with Crippen LogP contribution in [0.25, 0.3) is 0 Å². The molecule has 0 radical (unpaired) electrons. The Morgan fingerprint density at radius 3 is 2.59 bits per heavy atom. The van der Waals surface area contributed by atoms with Crippen LogP contribution in [0.4, 0.5) is 0 Å². The first-order valence-corrected chi connectivity index (χ1v) is 6.57. The molecule has 0 saturated heterocycles. The zero-order valence-corrected chi connectivity index (χ0v) is 10.4. The van der Waals surface area contributed by atoms with E-state index in [0.29, 0.717) is 25.3 Å². The summed E-state index contributed by atoms with van der Waals surface area (Å²) in [6.07, 6.45) is 0. The van der Waals surface area contributed by atoms with Crippen molar-refractivity contribution in [3.8, 4) is 0 Å². The number of benzene rings is 1. The van der Waals surface area contributed by atoms with E-state index in [1.807, 2.05) is 12.1 Å². The minimum atomic E-state index is -0.889. The fraction of sp³-hybridized carbons (Fsp3) is 0.417. The van der Waals surface area contributed by atoms with E-state index < -0.39 is 5.97 Å². The predicted octanol–water partition coefficient (Wildman–Crippen LogP) is 1.59. The van der Waals surface area contributed by atoms with Gasteiger partial charge in [-0.15, -0.1) is 0 Å². The maximum absolute atomic E-state index is 10.6. The zero-order valence-electron chi connectivity index (χ0n) is 9.59. The first-order valence-electron chi connectivity index (χ1n) is 5.42. The molecule has 1 aromatic carbocycles. The summed E-state index contributed by atoms with van der Waals surface area (Å²) in [5.74, 6) is 0.895. The highest BCUT2D eigenvalue weighted by Crippen LogP contribution is 2.13. The Labute approximate surface area is 105 Å². The van der Waals surface area contributed by atoms with Gasteiger partial charge in [0.2, 0.25) is 0 Å². The average Bonchev–Trinajstić information content (AvgIpc) is 2.34. The van der Waals surface area contributed by atoms with E-state index in [1.54, 1.807) is 23.9 Å². The molecule has 0 aliphatic carbocycles. The molecule has 0 heterocycles. The van der Waals surface area contributed by atoms with Crippen LogP contribution in [-0.2, 0) is 10.5 Å². The Balaban J connectivity index is 2.21. The third kappa shape index (κ3) is 5.72. The lowest BCUT2D eigenvalue weighted by Gasteiger charge is -2.03. The Morgan fingerprint density at radius 1 is 1.29 bits per heavy atom. The molecular weight excluding hydrogens is 238 g/mol. The second-order valence-corrected chi connectivity index (χ2v) is 4.56. The lowest BCUT2D eigenvalue weighted by molar-refractivity contribution is 0.0697. The van der Waals surface area contributed by atoms with Crippen LogP contribution < -0.4 is 5.73 Å². The van der Waals surface area contributed by atoms with Crippen LogP contribution in [0, 0.1) is 0 Å². The van der Waals surface area contributed by atoms with Crippen LogP contribution in [-0.4, -0.2) is 36.6 Å². The van der Waals surface area contributed by atoms with Gasteiger partial charge in [-0.1, -0.05) is 12.1 Å². The summed E-state index contributed by atoms with van der Waals surface area (Å²) in [7, 11) is 0. The second-order valence-electron chi connectivity index (χ2n) is 3.46. The zero-order chi connectivity index (χ0) is 12.5. The van der Waals surface area contributed by atoms with Crippen molar-refractivity contribution in [2.75, 3.05) is 25.5 Å². The van der Waals surface area contributed by atoms with E-state index in [1.165, 1.54) is 0 Å². The standard InChI is InChI=1S/C12H17NO3S/c13-5-6-16-7-8-17-9-10-1-3-11(4-2-10)12(14)15/h1-4H,5-9,13H2,(H,14,15). The molecule has 1 aromatic rings. The number of carboxylic acids is 1. The molecule has 0 fully saturated rings. The van der Waals surface area contributed by atoms with Gasteiger partial charge >= 0.3 is 5.97 Å². The molecule has 94 valence electrons. The number of hydrogen-bond acceptors (Lipinski definition) is 4. The monoisotopic (exact) mass is 255 g/mol. The number of hydrogen-bond donors (Lipinski definition) is 2. The fourth-order valence-corrected chi connectivity index (χ4v) is 2.05.